The van der Waals surface area contributed by atoms with Crippen LogP contribution in [-0.2, 0) is 0 Å². The average molecular weight is 268 g/mol. The van der Waals surface area contributed by atoms with Crippen molar-refractivity contribution in [1.82, 2.24) is 0 Å². The Hall–Kier alpha value is -0.500. The van der Waals surface area contributed by atoms with Gasteiger partial charge in [0.2, 0.25) is 0 Å². The normalized spacial score (nSPS) is 12.6. The minimum atomic E-state index is 0.711. The maximum atomic E-state index is 5.49. The second kappa shape index (κ2) is 9.43. The van der Waals surface area contributed by atoms with Crippen LogP contribution in [0.3, 0.4) is 0 Å². The lowest BCUT2D eigenvalue weighted by atomic mass is 9.90. The van der Waals surface area contributed by atoms with Crippen LogP contribution in [0.2, 0.25) is 0 Å². The summed E-state index contributed by atoms with van der Waals surface area (Å²) in [6.07, 6.45) is 10.7. The maximum absolute atomic E-state index is 5.49. The van der Waals surface area contributed by atoms with Crippen LogP contribution in [0.15, 0.2) is 11.4 Å². The Morgan fingerprint density at radius 1 is 1.06 bits per heavy atom. The van der Waals surface area contributed by atoms with Gasteiger partial charge in [0.05, 0.1) is 7.11 Å². The van der Waals surface area contributed by atoms with Crippen LogP contribution < -0.4 is 4.74 Å². The number of thiophene rings is 1. The smallest absolute Gasteiger partial charge is 0.176 e. The molecule has 1 heterocycles. The molecule has 0 fully saturated rings. The Kier molecular flexibility index (Phi) is 8.15. The van der Waals surface area contributed by atoms with E-state index in [4.69, 9.17) is 4.74 Å². The molecule has 2 heteroatoms. The third-order valence-electron chi connectivity index (χ3n) is 3.60. The molecule has 104 valence electrons. The van der Waals surface area contributed by atoms with E-state index in [9.17, 15) is 0 Å². The lowest BCUT2D eigenvalue weighted by Gasteiger charge is -2.17. The molecule has 1 aromatic heterocycles. The molecular weight excluding hydrogens is 240 g/mol. The zero-order chi connectivity index (χ0) is 13.2. The first kappa shape index (κ1) is 15.6. The molecule has 0 aliphatic rings. The van der Waals surface area contributed by atoms with Crippen molar-refractivity contribution in [2.24, 2.45) is 0 Å². The molecule has 0 aromatic carbocycles. The quantitative estimate of drug-likeness (QED) is 0.473. The van der Waals surface area contributed by atoms with Gasteiger partial charge in [0, 0.05) is 5.56 Å². The predicted octanol–water partition coefficient (Wildman–Crippen LogP) is 6.00. The second-order valence-electron chi connectivity index (χ2n) is 5.06. The van der Waals surface area contributed by atoms with E-state index in [0.717, 1.165) is 5.06 Å². The summed E-state index contributed by atoms with van der Waals surface area (Å²) in [6.45, 7) is 4.55. The molecular formula is C16H28OS. The zero-order valence-electron chi connectivity index (χ0n) is 12.2. The van der Waals surface area contributed by atoms with Crippen molar-refractivity contribution in [2.45, 2.75) is 71.1 Å². The number of ether oxygens (including phenoxy) is 1. The molecule has 0 aliphatic heterocycles. The number of rotatable bonds is 10. The number of hydrogen-bond acceptors (Lipinski definition) is 2. The molecule has 0 N–H and O–H groups in total. The monoisotopic (exact) mass is 268 g/mol. The number of methoxy groups -OCH3 is 1. The molecule has 0 saturated carbocycles. The molecule has 0 bridgehead atoms. The van der Waals surface area contributed by atoms with E-state index < -0.39 is 0 Å². The summed E-state index contributed by atoms with van der Waals surface area (Å²) >= 11 is 1.73. The van der Waals surface area contributed by atoms with E-state index in [0.29, 0.717) is 5.92 Å². The van der Waals surface area contributed by atoms with Gasteiger partial charge in [-0.15, -0.1) is 11.3 Å². The minimum Gasteiger partial charge on any atom is -0.487 e. The standard InChI is InChI=1S/C16H28OS/c1-4-6-8-9-11-14(10-7-5-2)15-12-13-18-16(15)17-3/h12-14H,4-11H2,1-3H3. The van der Waals surface area contributed by atoms with Gasteiger partial charge in [0.15, 0.2) is 5.06 Å². The van der Waals surface area contributed by atoms with Crippen molar-refractivity contribution in [3.05, 3.63) is 17.0 Å². The first-order valence-corrected chi connectivity index (χ1v) is 8.32. The SMILES string of the molecule is CCCCCCC(CCCC)c1ccsc1OC. The van der Waals surface area contributed by atoms with Gasteiger partial charge in [-0.2, -0.15) is 0 Å². The van der Waals surface area contributed by atoms with Gasteiger partial charge in [0.1, 0.15) is 0 Å². The highest BCUT2D eigenvalue weighted by atomic mass is 32.1. The van der Waals surface area contributed by atoms with Crippen LogP contribution in [0.1, 0.15) is 76.7 Å². The lowest BCUT2D eigenvalue weighted by Crippen LogP contribution is -2.00. The summed E-state index contributed by atoms with van der Waals surface area (Å²) < 4.78 is 5.49. The van der Waals surface area contributed by atoms with Gasteiger partial charge in [0.25, 0.3) is 0 Å². The summed E-state index contributed by atoms with van der Waals surface area (Å²) in [4.78, 5) is 0. The zero-order valence-corrected chi connectivity index (χ0v) is 13.0. The predicted molar refractivity (Wildman–Crippen MR) is 81.9 cm³/mol. The van der Waals surface area contributed by atoms with Gasteiger partial charge in [-0.1, -0.05) is 52.4 Å². The lowest BCUT2D eigenvalue weighted by molar-refractivity contribution is 0.410. The van der Waals surface area contributed by atoms with Crippen molar-refractivity contribution in [2.75, 3.05) is 7.11 Å². The Morgan fingerprint density at radius 2 is 1.78 bits per heavy atom. The molecule has 0 amide bonds. The summed E-state index contributed by atoms with van der Waals surface area (Å²) in [5.41, 5.74) is 1.45. The molecule has 18 heavy (non-hydrogen) atoms. The van der Waals surface area contributed by atoms with Gasteiger partial charge in [-0.05, 0) is 30.2 Å². The van der Waals surface area contributed by atoms with Crippen molar-refractivity contribution in [1.29, 1.82) is 0 Å². The Labute approximate surface area is 117 Å². The fourth-order valence-corrected chi connectivity index (χ4v) is 3.30. The molecule has 0 radical (unpaired) electrons. The van der Waals surface area contributed by atoms with Crippen LogP contribution in [0.25, 0.3) is 0 Å². The van der Waals surface area contributed by atoms with E-state index >= 15 is 0 Å². The topological polar surface area (TPSA) is 9.23 Å². The van der Waals surface area contributed by atoms with Gasteiger partial charge >= 0.3 is 0 Å². The highest BCUT2D eigenvalue weighted by molar-refractivity contribution is 7.12. The fourth-order valence-electron chi connectivity index (χ4n) is 2.50. The van der Waals surface area contributed by atoms with Crippen LogP contribution in [0, 0.1) is 0 Å². The van der Waals surface area contributed by atoms with Gasteiger partial charge in [-0.3, -0.25) is 0 Å². The van der Waals surface area contributed by atoms with Crippen molar-refractivity contribution in [3.8, 4) is 5.06 Å². The molecule has 1 nitrogen and oxygen atoms in total. The van der Waals surface area contributed by atoms with Crippen LogP contribution in [-0.4, -0.2) is 7.11 Å². The van der Waals surface area contributed by atoms with E-state index in [1.54, 1.807) is 18.4 Å². The van der Waals surface area contributed by atoms with E-state index in [1.165, 1.54) is 56.9 Å². The molecule has 1 aromatic rings. The van der Waals surface area contributed by atoms with Crippen molar-refractivity contribution in [3.63, 3.8) is 0 Å². The summed E-state index contributed by atoms with van der Waals surface area (Å²) in [5.74, 6) is 0.711. The molecule has 1 atom stereocenters. The highest BCUT2D eigenvalue weighted by Gasteiger charge is 2.16. The van der Waals surface area contributed by atoms with Crippen molar-refractivity contribution >= 4 is 11.3 Å². The summed E-state index contributed by atoms with van der Waals surface area (Å²) in [6, 6.07) is 2.27. The largest absolute Gasteiger partial charge is 0.487 e. The second-order valence-corrected chi connectivity index (χ2v) is 5.93. The van der Waals surface area contributed by atoms with E-state index in [1.807, 2.05) is 0 Å². The third kappa shape index (κ3) is 5.01. The first-order chi connectivity index (χ1) is 8.83. The first-order valence-electron chi connectivity index (χ1n) is 7.44. The minimum absolute atomic E-state index is 0.711. The third-order valence-corrected chi connectivity index (χ3v) is 4.48. The van der Waals surface area contributed by atoms with E-state index in [-0.39, 0.29) is 0 Å². The highest BCUT2D eigenvalue weighted by Crippen LogP contribution is 2.37. The molecule has 0 aliphatic carbocycles. The molecule has 1 rings (SSSR count). The fraction of sp³-hybridized carbons (Fsp3) is 0.750. The molecule has 1 unspecified atom stereocenters. The van der Waals surface area contributed by atoms with E-state index in [2.05, 4.69) is 25.3 Å². The van der Waals surface area contributed by atoms with Crippen molar-refractivity contribution < 1.29 is 4.74 Å². The Balaban J connectivity index is 2.54. The summed E-state index contributed by atoms with van der Waals surface area (Å²) in [5, 5.41) is 3.30. The molecule has 0 spiro atoms. The Bertz CT molecular complexity index is 306. The number of unbranched alkanes of at least 4 members (excludes halogenated alkanes) is 4. The number of hydrogen-bond donors (Lipinski definition) is 0. The van der Waals surface area contributed by atoms with Crippen LogP contribution in [0.4, 0.5) is 0 Å². The Morgan fingerprint density at radius 3 is 2.44 bits per heavy atom. The maximum Gasteiger partial charge on any atom is 0.176 e. The summed E-state index contributed by atoms with van der Waals surface area (Å²) in [7, 11) is 1.79. The van der Waals surface area contributed by atoms with Gasteiger partial charge in [-0.25, -0.2) is 0 Å². The average Bonchev–Trinajstić information content (AvgIpc) is 2.86. The van der Waals surface area contributed by atoms with Crippen LogP contribution >= 0.6 is 11.3 Å². The molecule has 0 saturated heterocycles. The van der Waals surface area contributed by atoms with Crippen LogP contribution in [0.5, 0.6) is 5.06 Å². The van der Waals surface area contributed by atoms with Gasteiger partial charge < -0.3 is 4.74 Å².